The molecular formula is C19H23N8O3+. The number of fused-ring (bicyclic) bond motifs is 1. The number of aromatic carboxylic acids is 1. The van der Waals surface area contributed by atoms with E-state index in [4.69, 9.17) is 16.9 Å². The van der Waals surface area contributed by atoms with Crippen molar-refractivity contribution >= 4 is 40.8 Å². The van der Waals surface area contributed by atoms with Gasteiger partial charge in [0.05, 0.1) is 18.7 Å². The van der Waals surface area contributed by atoms with E-state index in [1.807, 2.05) is 23.0 Å². The molecule has 0 aliphatic heterocycles. The van der Waals surface area contributed by atoms with E-state index in [1.54, 1.807) is 18.2 Å². The molecule has 11 heteroatoms. The summed E-state index contributed by atoms with van der Waals surface area (Å²) in [6.07, 6.45) is 0.901. The van der Waals surface area contributed by atoms with Crippen molar-refractivity contribution in [2.24, 2.45) is 0 Å². The third-order valence-electron chi connectivity index (χ3n) is 4.80. The first-order valence-corrected chi connectivity index (χ1v) is 9.32. The molecule has 0 bridgehead atoms. The number of amides is 1. The van der Waals surface area contributed by atoms with Gasteiger partial charge in [0, 0.05) is 12.3 Å². The summed E-state index contributed by atoms with van der Waals surface area (Å²) >= 11 is 0. The molecule has 2 heterocycles. The maximum Gasteiger partial charge on any atom is 0.335 e. The fourth-order valence-electron chi connectivity index (χ4n) is 3.41. The smallest absolute Gasteiger partial charge is 0.335 e. The zero-order valence-electron chi connectivity index (χ0n) is 16.6. The minimum absolute atomic E-state index is 0.0248. The third-order valence-corrected chi connectivity index (χ3v) is 4.80. The summed E-state index contributed by atoms with van der Waals surface area (Å²) in [5, 5.41) is 19.4. The molecule has 7 N–H and O–H groups in total. The highest BCUT2D eigenvalue weighted by molar-refractivity contribution is 5.98. The van der Waals surface area contributed by atoms with Crippen molar-refractivity contribution in [2.45, 2.75) is 33.5 Å². The summed E-state index contributed by atoms with van der Waals surface area (Å²) in [5.74, 6) is -0.910. The van der Waals surface area contributed by atoms with Crippen LogP contribution in [0.15, 0.2) is 18.2 Å². The molecule has 0 saturated heterocycles. The second-order valence-electron chi connectivity index (χ2n) is 6.47. The zero-order valence-corrected chi connectivity index (χ0v) is 16.6. The molecule has 0 aliphatic rings. The fraction of sp³-hybridized carbons (Fsp3) is 0.263. The molecule has 1 aromatic carbocycles. The van der Waals surface area contributed by atoms with E-state index in [0.29, 0.717) is 13.1 Å². The van der Waals surface area contributed by atoms with Gasteiger partial charge in [-0.3, -0.25) is 4.79 Å². The number of nitrogens with two attached hydrogens (primary N) is 2. The van der Waals surface area contributed by atoms with Crippen LogP contribution in [0.5, 0.6) is 0 Å². The minimum Gasteiger partial charge on any atom is -0.478 e. The van der Waals surface area contributed by atoms with Crippen molar-refractivity contribution in [1.29, 1.82) is 5.41 Å². The van der Waals surface area contributed by atoms with E-state index in [1.165, 1.54) is 0 Å². The molecule has 11 nitrogen and oxygen atoms in total. The van der Waals surface area contributed by atoms with E-state index in [0.717, 1.165) is 23.1 Å². The number of nitrogen functional groups attached to an aromatic ring is 2. The van der Waals surface area contributed by atoms with Gasteiger partial charge < -0.3 is 27.3 Å². The van der Waals surface area contributed by atoms with Crippen LogP contribution in [0.3, 0.4) is 0 Å². The highest BCUT2D eigenvalue weighted by Gasteiger charge is 2.25. The number of hydrogen-bond acceptors (Lipinski definition) is 7. The van der Waals surface area contributed by atoms with Crippen molar-refractivity contribution in [3.63, 3.8) is 0 Å². The number of hydrogen-bond donors (Lipinski definition) is 5. The Balaban J connectivity index is 1.98. The molecule has 0 unspecified atom stereocenters. The molecule has 2 aromatic heterocycles. The predicted octanol–water partition coefficient (Wildman–Crippen LogP) is 0.549. The normalized spacial score (nSPS) is 10.9. The van der Waals surface area contributed by atoms with Crippen molar-refractivity contribution in [2.75, 3.05) is 11.5 Å². The van der Waals surface area contributed by atoms with E-state index < -0.39 is 11.9 Å². The van der Waals surface area contributed by atoms with E-state index >= 15 is 0 Å². The molecule has 0 saturated carbocycles. The summed E-state index contributed by atoms with van der Waals surface area (Å²) in [5.41, 5.74) is 13.2. The first-order valence-electron chi connectivity index (χ1n) is 9.32. The average Bonchev–Trinajstić information content (AvgIpc) is 3.03. The summed E-state index contributed by atoms with van der Waals surface area (Å²) in [7, 11) is 0. The van der Waals surface area contributed by atoms with Gasteiger partial charge in [-0.05, 0) is 26.0 Å². The van der Waals surface area contributed by atoms with Crippen LogP contribution in [0.25, 0.3) is 11.0 Å². The number of carbonyl (C=O) groups is 2. The van der Waals surface area contributed by atoms with Crippen molar-refractivity contribution < 1.29 is 19.3 Å². The Morgan fingerprint density at radius 3 is 2.60 bits per heavy atom. The molecular weight excluding hydrogens is 388 g/mol. The molecule has 1 amide bonds. The van der Waals surface area contributed by atoms with Crippen LogP contribution in [-0.2, 0) is 19.6 Å². The second-order valence-corrected chi connectivity index (χ2v) is 6.47. The van der Waals surface area contributed by atoms with E-state index in [9.17, 15) is 14.7 Å². The maximum absolute atomic E-state index is 12.7. The Labute approximate surface area is 171 Å². The van der Waals surface area contributed by atoms with Crippen LogP contribution >= 0.6 is 0 Å². The van der Waals surface area contributed by atoms with Gasteiger partial charge in [-0.1, -0.05) is 0 Å². The Kier molecular flexibility index (Phi) is 5.63. The van der Waals surface area contributed by atoms with Crippen molar-refractivity contribution in [3.8, 4) is 0 Å². The van der Waals surface area contributed by atoms with Crippen LogP contribution in [0.2, 0.25) is 0 Å². The number of carboxylic acids is 1. The molecule has 0 fully saturated rings. The van der Waals surface area contributed by atoms with Crippen molar-refractivity contribution in [1.82, 2.24) is 19.9 Å². The first-order chi connectivity index (χ1) is 14.3. The number of anilines is 2. The average molecular weight is 411 g/mol. The van der Waals surface area contributed by atoms with E-state index in [2.05, 4.69) is 15.3 Å². The molecule has 3 rings (SSSR count). The quantitative estimate of drug-likeness (QED) is 0.278. The standard InChI is InChI=1S/C19H22N8O3/c1-3-26-12-6-5-10(19(29)30)7-13(12)27(4-2)14(26)9-23-18(28)15-17(22)25-16(21)11(8-20)24-15/h5-8H,3-4,9H2,1-2H3,(H6-,20,21,22,23,25,28,29,30)/p+1. The Morgan fingerprint density at radius 2 is 2.00 bits per heavy atom. The molecule has 3 aromatic rings. The van der Waals surface area contributed by atoms with Crippen molar-refractivity contribution in [3.05, 3.63) is 41.0 Å². The zero-order chi connectivity index (χ0) is 22.0. The number of aryl methyl sites for hydroxylation is 2. The van der Waals surface area contributed by atoms with Gasteiger partial charge in [-0.25, -0.2) is 23.9 Å². The van der Waals surface area contributed by atoms with Gasteiger partial charge in [-0.15, -0.1) is 0 Å². The number of aromatic nitrogens is 4. The second kappa shape index (κ2) is 8.15. The maximum atomic E-state index is 12.7. The van der Waals surface area contributed by atoms with Crippen LogP contribution in [0.1, 0.15) is 46.2 Å². The summed E-state index contributed by atoms with van der Waals surface area (Å²) in [6.45, 7) is 5.28. The number of imidazole rings is 1. The van der Waals surface area contributed by atoms with Gasteiger partial charge in [0.2, 0.25) is 0 Å². The van der Waals surface area contributed by atoms with Gasteiger partial charge in [0.15, 0.2) is 28.4 Å². The Morgan fingerprint density at radius 1 is 1.27 bits per heavy atom. The monoisotopic (exact) mass is 411 g/mol. The van der Waals surface area contributed by atoms with E-state index in [-0.39, 0.29) is 35.1 Å². The molecule has 0 aliphatic carbocycles. The summed E-state index contributed by atoms with van der Waals surface area (Å²) < 4.78 is 3.96. The number of nitrogens with one attached hydrogen (secondary N) is 2. The van der Waals surface area contributed by atoms with Crippen LogP contribution in [0, 0.1) is 5.41 Å². The summed E-state index contributed by atoms with van der Waals surface area (Å²) in [4.78, 5) is 31.9. The third kappa shape index (κ3) is 3.52. The molecule has 0 spiro atoms. The lowest BCUT2D eigenvalue weighted by Crippen LogP contribution is -2.40. The highest BCUT2D eigenvalue weighted by atomic mass is 16.4. The number of benzene rings is 1. The molecule has 156 valence electrons. The number of nitrogens with zero attached hydrogens (tertiary/aromatic N) is 4. The van der Waals surface area contributed by atoms with Gasteiger partial charge in [0.1, 0.15) is 12.2 Å². The largest absolute Gasteiger partial charge is 0.478 e. The predicted molar refractivity (Wildman–Crippen MR) is 110 cm³/mol. The molecule has 30 heavy (non-hydrogen) atoms. The SMILES string of the molecule is CCn1c(CNC(=O)c2nc(C=N)c(N)nc2N)[n+](CC)c2ccc(C(=O)O)cc21. The summed E-state index contributed by atoms with van der Waals surface area (Å²) in [6, 6.07) is 4.95. The molecule has 0 atom stereocenters. The Bertz CT molecular complexity index is 1170. The lowest BCUT2D eigenvalue weighted by atomic mass is 10.2. The first kappa shape index (κ1) is 20.7. The number of rotatable bonds is 7. The van der Waals surface area contributed by atoms with Crippen LogP contribution in [-0.4, -0.2) is 37.7 Å². The van der Waals surface area contributed by atoms with Gasteiger partial charge in [-0.2, -0.15) is 0 Å². The highest BCUT2D eigenvalue weighted by Crippen LogP contribution is 2.18. The number of carboxylic acid groups (broad SMARTS) is 1. The molecule has 0 radical (unpaired) electrons. The lowest BCUT2D eigenvalue weighted by molar-refractivity contribution is -0.676. The topological polar surface area (TPSA) is 177 Å². The van der Waals surface area contributed by atoms with Crippen LogP contribution < -0.4 is 21.4 Å². The Hall–Kier alpha value is -4.02. The van der Waals surface area contributed by atoms with Crippen LogP contribution in [0.4, 0.5) is 11.6 Å². The number of carbonyl (C=O) groups excluding carboxylic acids is 1. The van der Waals surface area contributed by atoms with Gasteiger partial charge >= 0.3 is 5.97 Å². The minimum atomic E-state index is -1.00. The lowest BCUT2D eigenvalue weighted by Gasteiger charge is -2.08. The fourth-order valence-corrected chi connectivity index (χ4v) is 3.41. The van der Waals surface area contributed by atoms with Gasteiger partial charge in [0.25, 0.3) is 11.7 Å².